The lowest BCUT2D eigenvalue weighted by Gasteiger charge is -2.36. The second-order valence-corrected chi connectivity index (χ2v) is 5.92. The monoisotopic (exact) mass is 259 g/mol. The van der Waals surface area contributed by atoms with Crippen molar-refractivity contribution in [2.24, 2.45) is 0 Å². The highest BCUT2D eigenvalue weighted by atomic mass is 16.5. The Kier molecular flexibility index (Phi) is 3.79. The standard InChI is InChI=1S/C17H25NO/c1-2-17(11-4-3-5-12-18-17)15-10-6-8-14-9-7-13-19-16(14)15/h6,8,10,18H,2-5,7,9,11-13H2,1H3. The molecular formula is C17H25NO. The van der Waals surface area contributed by atoms with Gasteiger partial charge in [-0.15, -0.1) is 0 Å². The van der Waals surface area contributed by atoms with Crippen LogP contribution in [0.1, 0.15) is 56.6 Å². The molecule has 3 rings (SSSR count). The minimum absolute atomic E-state index is 0.138. The van der Waals surface area contributed by atoms with Crippen LogP contribution in [-0.4, -0.2) is 13.2 Å². The lowest BCUT2D eigenvalue weighted by molar-refractivity contribution is 0.255. The van der Waals surface area contributed by atoms with Crippen LogP contribution in [0.25, 0.3) is 0 Å². The third-order valence-electron chi connectivity index (χ3n) is 4.80. The molecule has 0 spiro atoms. The van der Waals surface area contributed by atoms with Crippen molar-refractivity contribution in [3.05, 3.63) is 29.3 Å². The van der Waals surface area contributed by atoms with Crippen LogP contribution in [0, 0.1) is 0 Å². The number of ether oxygens (including phenoxy) is 1. The molecule has 2 aliphatic heterocycles. The van der Waals surface area contributed by atoms with Crippen molar-refractivity contribution in [1.82, 2.24) is 5.32 Å². The molecule has 19 heavy (non-hydrogen) atoms. The van der Waals surface area contributed by atoms with E-state index in [1.807, 2.05) is 0 Å². The van der Waals surface area contributed by atoms with Gasteiger partial charge in [-0.1, -0.05) is 38.0 Å². The molecule has 0 saturated carbocycles. The van der Waals surface area contributed by atoms with Gasteiger partial charge in [0.15, 0.2) is 0 Å². The number of rotatable bonds is 2. The Labute approximate surface area is 116 Å². The van der Waals surface area contributed by atoms with E-state index in [0.717, 1.165) is 26.0 Å². The van der Waals surface area contributed by atoms with Crippen molar-refractivity contribution >= 4 is 0 Å². The van der Waals surface area contributed by atoms with Gasteiger partial charge in [-0.2, -0.15) is 0 Å². The van der Waals surface area contributed by atoms with Crippen LogP contribution < -0.4 is 10.1 Å². The van der Waals surface area contributed by atoms with E-state index in [9.17, 15) is 0 Å². The first-order chi connectivity index (χ1) is 9.36. The Hall–Kier alpha value is -1.02. The summed E-state index contributed by atoms with van der Waals surface area (Å²) in [5.74, 6) is 1.19. The van der Waals surface area contributed by atoms with Crippen LogP contribution in [0.5, 0.6) is 5.75 Å². The highest BCUT2D eigenvalue weighted by Crippen LogP contribution is 2.41. The van der Waals surface area contributed by atoms with E-state index >= 15 is 0 Å². The van der Waals surface area contributed by atoms with E-state index in [2.05, 4.69) is 30.4 Å². The molecule has 1 fully saturated rings. The van der Waals surface area contributed by atoms with Crippen molar-refractivity contribution in [3.8, 4) is 5.75 Å². The Bertz CT molecular complexity index is 433. The Morgan fingerprint density at radius 3 is 3.05 bits per heavy atom. The largest absolute Gasteiger partial charge is 0.493 e. The van der Waals surface area contributed by atoms with Crippen molar-refractivity contribution in [3.63, 3.8) is 0 Å². The van der Waals surface area contributed by atoms with Gasteiger partial charge in [0.25, 0.3) is 0 Å². The zero-order chi connectivity index (χ0) is 13.1. The Balaban J connectivity index is 2.03. The summed E-state index contributed by atoms with van der Waals surface area (Å²) in [6, 6.07) is 6.73. The van der Waals surface area contributed by atoms with Crippen molar-refractivity contribution in [1.29, 1.82) is 0 Å². The molecule has 104 valence electrons. The summed E-state index contributed by atoms with van der Waals surface area (Å²) in [4.78, 5) is 0. The fourth-order valence-corrected chi connectivity index (χ4v) is 3.63. The van der Waals surface area contributed by atoms with E-state index in [1.165, 1.54) is 49.0 Å². The second kappa shape index (κ2) is 5.54. The molecule has 2 heteroatoms. The maximum absolute atomic E-state index is 6.04. The summed E-state index contributed by atoms with van der Waals surface area (Å²) in [6.45, 7) is 4.32. The highest BCUT2D eigenvalue weighted by Gasteiger charge is 2.34. The van der Waals surface area contributed by atoms with Crippen molar-refractivity contribution in [2.45, 2.75) is 57.4 Å². The molecule has 1 atom stereocenters. The van der Waals surface area contributed by atoms with Gasteiger partial charge < -0.3 is 10.1 Å². The van der Waals surface area contributed by atoms with E-state index < -0.39 is 0 Å². The van der Waals surface area contributed by atoms with Gasteiger partial charge in [0.2, 0.25) is 0 Å². The predicted molar refractivity (Wildman–Crippen MR) is 78.7 cm³/mol. The zero-order valence-corrected chi connectivity index (χ0v) is 12.0. The highest BCUT2D eigenvalue weighted by molar-refractivity contribution is 5.46. The normalized spacial score (nSPS) is 27.2. The summed E-state index contributed by atoms with van der Waals surface area (Å²) < 4.78 is 6.04. The molecule has 1 saturated heterocycles. The van der Waals surface area contributed by atoms with E-state index in [-0.39, 0.29) is 5.54 Å². The third-order valence-corrected chi connectivity index (χ3v) is 4.80. The first-order valence-electron chi connectivity index (χ1n) is 7.86. The summed E-state index contributed by atoms with van der Waals surface area (Å²) >= 11 is 0. The van der Waals surface area contributed by atoms with Crippen LogP contribution in [0.2, 0.25) is 0 Å². The molecule has 0 bridgehead atoms. The lowest BCUT2D eigenvalue weighted by Crippen LogP contribution is -2.41. The Morgan fingerprint density at radius 2 is 2.16 bits per heavy atom. The summed E-state index contributed by atoms with van der Waals surface area (Å²) in [5, 5.41) is 3.83. The molecule has 1 N–H and O–H groups in total. The van der Waals surface area contributed by atoms with Gasteiger partial charge in [-0.3, -0.25) is 0 Å². The lowest BCUT2D eigenvalue weighted by atomic mass is 9.81. The number of hydrogen-bond donors (Lipinski definition) is 1. The van der Waals surface area contributed by atoms with Gasteiger partial charge in [0, 0.05) is 11.1 Å². The molecule has 2 nitrogen and oxygen atoms in total. The van der Waals surface area contributed by atoms with Crippen LogP contribution >= 0.6 is 0 Å². The number of aryl methyl sites for hydroxylation is 1. The number of benzene rings is 1. The van der Waals surface area contributed by atoms with Gasteiger partial charge in [0.1, 0.15) is 5.75 Å². The van der Waals surface area contributed by atoms with E-state index in [1.54, 1.807) is 0 Å². The predicted octanol–water partition coefficient (Wildman–Crippen LogP) is 3.78. The first kappa shape index (κ1) is 13.0. The van der Waals surface area contributed by atoms with Crippen LogP contribution in [0.15, 0.2) is 18.2 Å². The minimum Gasteiger partial charge on any atom is -0.493 e. The maximum Gasteiger partial charge on any atom is 0.127 e. The topological polar surface area (TPSA) is 21.3 Å². The fraction of sp³-hybridized carbons (Fsp3) is 0.647. The maximum atomic E-state index is 6.04. The molecule has 1 aromatic rings. The number of fused-ring (bicyclic) bond motifs is 1. The first-order valence-corrected chi connectivity index (χ1v) is 7.86. The molecule has 0 aliphatic carbocycles. The molecule has 0 radical (unpaired) electrons. The van der Waals surface area contributed by atoms with Gasteiger partial charge in [-0.25, -0.2) is 0 Å². The van der Waals surface area contributed by atoms with Crippen LogP contribution in [0.3, 0.4) is 0 Å². The van der Waals surface area contributed by atoms with E-state index in [0.29, 0.717) is 0 Å². The van der Waals surface area contributed by atoms with Crippen molar-refractivity contribution in [2.75, 3.05) is 13.2 Å². The number of para-hydroxylation sites is 1. The molecular weight excluding hydrogens is 234 g/mol. The van der Waals surface area contributed by atoms with Gasteiger partial charge in [0.05, 0.1) is 6.61 Å². The molecule has 0 amide bonds. The van der Waals surface area contributed by atoms with Crippen LogP contribution in [-0.2, 0) is 12.0 Å². The van der Waals surface area contributed by atoms with E-state index in [4.69, 9.17) is 4.74 Å². The molecule has 1 unspecified atom stereocenters. The van der Waals surface area contributed by atoms with Crippen LogP contribution in [0.4, 0.5) is 0 Å². The van der Waals surface area contributed by atoms with Gasteiger partial charge >= 0.3 is 0 Å². The zero-order valence-electron chi connectivity index (χ0n) is 12.0. The summed E-state index contributed by atoms with van der Waals surface area (Å²) in [6.07, 6.45) is 8.69. The third kappa shape index (κ3) is 2.38. The van der Waals surface area contributed by atoms with Gasteiger partial charge in [-0.05, 0) is 44.2 Å². The number of hydrogen-bond acceptors (Lipinski definition) is 2. The summed E-state index contributed by atoms with van der Waals surface area (Å²) in [5.41, 5.74) is 2.95. The molecule has 2 heterocycles. The molecule has 1 aromatic carbocycles. The van der Waals surface area contributed by atoms with Crippen molar-refractivity contribution < 1.29 is 4.74 Å². The smallest absolute Gasteiger partial charge is 0.127 e. The Morgan fingerprint density at radius 1 is 1.21 bits per heavy atom. The SMILES string of the molecule is CCC1(c2cccc3c2OCCC3)CCCCCN1. The average Bonchev–Trinajstić information content (AvgIpc) is 2.73. The molecule has 2 aliphatic rings. The average molecular weight is 259 g/mol. The molecule has 0 aromatic heterocycles. The second-order valence-electron chi connectivity index (χ2n) is 5.92. The summed E-state index contributed by atoms with van der Waals surface area (Å²) in [7, 11) is 0. The number of nitrogens with one attached hydrogen (secondary N) is 1. The minimum atomic E-state index is 0.138. The fourth-order valence-electron chi connectivity index (χ4n) is 3.63. The quantitative estimate of drug-likeness (QED) is 0.872.